The van der Waals surface area contributed by atoms with Gasteiger partial charge in [0.2, 0.25) is 5.91 Å². The minimum atomic E-state index is 0.309. The second kappa shape index (κ2) is 2.84. The number of nitrogens with zero attached hydrogens (tertiary/aromatic N) is 1. The van der Waals surface area contributed by atoms with Crippen LogP contribution in [0.25, 0.3) is 0 Å². The van der Waals surface area contributed by atoms with Gasteiger partial charge >= 0.3 is 0 Å². The van der Waals surface area contributed by atoms with E-state index in [4.69, 9.17) is 0 Å². The van der Waals surface area contributed by atoms with Crippen molar-refractivity contribution in [3.8, 4) is 0 Å². The Hall–Kier alpha value is -0.530. The molecular weight excluding hydrogens is 138 g/mol. The van der Waals surface area contributed by atoms with Crippen molar-refractivity contribution in [3.05, 3.63) is 0 Å². The van der Waals surface area contributed by atoms with Crippen molar-refractivity contribution in [2.24, 2.45) is 17.8 Å². The lowest BCUT2D eigenvalue weighted by Crippen LogP contribution is -2.24. The zero-order valence-electron chi connectivity index (χ0n) is 7.79. The van der Waals surface area contributed by atoms with Crippen LogP contribution < -0.4 is 0 Å². The maximum absolute atomic E-state index is 11.3. The average Bonchev–Trinajstić information content (AvgIpc) is 2.63. The van der Waals surface area contributed by atoms with Crippen molar-refractivity contribution < 1.29 is 4.79 Å². The first-order valence-electron chi connectivity index (χ1n) is 4.25. The van der Waals surface area contributed by atoms with E-state index in [2.05, 4.69) is 13.8 Å². The Morgan fingerprint density at radius 2 is 2.00 bits per heavy atom. The van der Waals surface area contributed by atoms with Crippen LogP contribution in [0.3, 0.4) is 0 Å². The fourth-order valence-corrected chi connectivity index (χ4v) is 1.57. The number of rotatable bonds is 2. The lowest BCUT2D eigenvalue weighted by atomic mass is 10.1. The van der Waals surface area contributed by atoms with E-state index < -0.39 is 0 Å². The number of carbonyl (C=O) groups excluding carboxylic acids is 1. The van der Waals surface area contributed by atoms with Gasteiger partial charge in [-0.25, -0.2) is 0 Å². The summed E-state index contributed by atoms with van der Waals surface area (Å²) in [5.41, 5.74) is 0. The van der Waals surface area contributed by atoms with Crippen LogP contribution >= 0.6 is 0 Å². The summed E-state index contributed by atoms with van der Waals surface area (Å²) in [5, 5.41) is 0. The van der Waals surface area contributed by atoms with Crippen LogP contribution in [0.2, 0.25) is 0 Å². The van der Waals surface area contributed by atoms with E-state index in [0.29, 0.717) is 23.7 Å². The normalized spacial score (nSPS) is 28.8. The van der Waals surface area contributed by atoms with Gasteiger partial charge in [-0.1, -0.05) is 13.8 Å². The third-order valence-corrected chi connectivity index (χ3v) is 2.45. The molecule has 1 aliphatic carbocycles. The maximum Gasteiger partial charge on any atom is 0.225 e. The lowest BCUT2D eigenvalue weighted by Gasteiger charge is -2.10. The lowest BCUT2D eigenvalue weighted by molar-refractivity contribution is -0.130. The van der Waals surface area contributed by atoms with Crippen LogP contribution in [-0.2, 0) is 4.79 Å². The molecule has 0 N–H and O–H groups in total. The van der Waals surface area contributed by atoms with Gasteiger partial charge in [-0.2, -0.15) is 0 Å². The van der Waals surface area contributed by atoms with Crippen molar-refractivity contribution in [2.45, 2.75) is 20.3 Å². The molecule has 11 heavy (non-hydrogen) atoms. The molecule has 1 rings (SSSR count). The van der Waals surface area contributed by atoms with Gasteiger partial charge < -0.3 is 4.90 Å². The summed E-state index contributed by atoms with van der Waals surface area (Å²) in [6.07, 6.45) is 1.11. The Bertz CT molecular complexity index is 163. The Labute approximate surface area is 68.6 Å². The monoisotopic (exact) mass is 155 g/mol. The molecule has 1 saturated carbocycles. The zero-order valence-corrected chi connectivity index (χ0v) is 7.79. The molecule has 0 aliphatic heterocycles. The number of hydrogen-bond donors (Lipinski definition) is 0. The molecule has 1 aliphatic rings. The van der Waals surface area contributed by atoms with Gasteiger partial charge in [0.1, 0.15) is 0 Å². The molecule has 2 heteroatoms. The molecule has 0 aromatic carbocycles. The van der Waals surface area contributed by atoms with E-state index in [-0.39, 0.29) is 0 Å². The molecule has 0 radical (unpaired) electrons. The SMILES string of the molecule is CC(C)[C@H]1C[C@H]1C(=O)N(C)C. The average molecular weight is 155 g/mol. The van der Waals surface area contributed by atoms with Crippen molar-refractivity contribution in [1.29, 1.82) is 0 Å². The van der Waals surface area contributed by atoms with E-state index in [9.17, 15) is 4.79 Å². The van der Waals surface area contributed by atoms with Crippen LogP contribution in [-0.4, -0.2) is 24.9 Å². The Morgan fingerprint density at radius 1 is 1.45 bits per heavy atom. The zero-order chi connectivity index (χ0) is 8.59. The van der Waals surface area contributed by atoms with Crippen molar-refractivity contribution >= 4 is 5.91 Å². The second-order valence-corrected chi connectivity index (χ2v) is 3.98. The third kappa shape index (κ3) is 1.73. The van der Waals surface area contributed by atoms with Crippen LogP contribution in [0.4, 0.5) is 0 Å². The van der Waals surface area contributed by atoms with Crippen LogP contribution in [0.15, 0.2) is 0 Å². The first-order valence-corrected chi connectivity index (χ1v) is 4.25. The second-order valence-electron chi connectivity index (χ2n) is 3.98. The predicted molar refractivity (Wildman–Crippen MR) is 45.1 cm³/mol. The third-order valence-electron chi connectivity index (χ3n) is 2.45. The van der Waals surface area contributed by atoms with E-state index in [1.54, 1.807) is 4.90 Å². The molecule has 0 bridgehead atoms. The summed E-state index contributed by atoms with van der Waals surface area (Å²) in [4.78, 5) is 13.0. The van der Waals surface area contributed by atoms with E-state index in [1.807, 2.05) is 14.1 Å². The first-order chi connectivity index (χ1) is 5.04. The van der Waals surface area contributed by atoms with E-state index in [0.717, 1.165) is 6.42 Å². The van der Waals surface area contributed by atoms with E-state index in [1.165, 1.54) is 0 Å². The fourth-order valence-electron chi connectivity index (χ4n) is 1.57. The molecule has 0 heterocycles. The molecule has 0 saturated heterocycles. The van der Waals surface area contributed by atoms with Gasteiger partial charge in [0.05, 0.1) is 0 Å². The number of carbonyl (C=O) groups is 1. The van der Waals surface area contributed by atoms with Gasteiger partial charge in [-0.05, 0) is 18.3 Å². The highest BCUT2D eigenvalue weighted by Crippen LogP contribution is 2.44. The van der Waals surface area contributed by atoms with Gasteiger partial charge in [0.15, 0.2) is 0 Å². The van der Waals surface area contributed by atoms with E-state index >= 15 is 0 Å². The summed E-state index contributed by atoms with van der Waals surface area (Å²) >= 11 is 0. The standard InChI is InChI=1S/C9H17NO/c1-6(2)7-5-8(7)9(11)10(3)4/h6-8H,5H2,1-4H3/t7-,8-/m1/s1. The van der Waals surface area contributed by atoms with Gasteiger partial charge in [0.25, 0.3) is 0 Å². The number of hydrogen-bond acceptors (Lipinski definition) is 1. The molecule has 0 aromatic heterocycles. The van der Waals surface area contributed by atoms with Gasteiger partial charge in [-0.3, -0.25) is 4.79 Å². The minimum Gasteiger partial charge on any atom is -0.349 e. The van der Waals surface area contributed by atoms with Crippen LogP contribution in [0.1, 0.15) is 20.3 Å². The quantitative estimate of drug-likeness (QED) is 0.589. The molecule has 0 aromatic rings. The molecule has 2 atom stereocenters. The highest BCUT2D eigenvalue weighted by Gasteiger charge is 2.44. The van der Waals surface area contributed by atoms with Crippen molar-refractivity contribution in [1.82, 2.24) is 4.90 Å². The Kier molecular flexibility index (Phi) is 2.21. The first kappa shape index (κ1) is 8.57. The Morgan fingerprint density at radius 3 is 2.27 bits per heavy atom. The molecule has 0 spiro atoms. The minimum absolute atomic E-state index is 0.309. The van der Waals surface area contributed by atoms with Gasteiger partial charge in [0, 0.05) is 20.0 Å². The largest absolute Gasteiger partial charge is 0.349 e. The molecule has 64 valence electrons. The molecule has 1 fully saturated rings. The fraction of sp³-hybridized carbons (Fsp3) is 0.889. The highest BCUT2D eigenvalue weighted by atomic mass is 16.2. The molecule has 2 nitrogen and oxygen atoms in total. The topological polar surface area (TPSA) is 20.3 Å². The predicted octanol–water partition coefficient (Wildman–Crippen LogP) is 1.37. The summed E-state index contributed by atoms with van der Waals surface area (Å²) in [7, 11) is 3.66. The summed E-state index contributed by atoms with van der Waals surface area (Å²) in [6, 6.07) is 0. The Balaban J connectivity index is 2.38. The van der Waals surface area contributed by atoms with Crippen molar-refractivity contribution in [3.63, 3.8) is 0 Å². The summed E-state index contributed by atoms with van der Waals surface area (Å²) in [5.74, 6) is 1.97. The number of amides is 1. The highest BCUT2D eigenvalue weighted by molar-refractivity contribution is 5.81. The molecular formula is C9H17NO. The molecule has 0 unspecified atom stereocenters. The van der Waals surface area contributed by atoms with Gasteiger partial charge in [-0.15, -0.1) is 0 Å². The van der Waals surface area contributed by atoms with Crippen LogP contribution in [0, 0.1) is 17.8 Å². The van der Waals surface area contributed by atoms with Crippen molar-refractivity contribution in [2.75, 3.05) is 14.1 Å². The summed E-state index contributed by atoms with van der Waals surface area (Å²) < 4.78 is 0. The smallest absolute Gasteiger partial charge is 0.225 e. The molecule has 1 amide bonds. The van der Waals surface area contributed by atoms with Crippen LogP contribution in [0.5, 0.6) is 0 Å². The maximum atomic E-state index is 11.3. The summed E-state index contributed by atoms with van der Waals surface area (Å²) in [6.45, 7) is 4.38.